The van der Waals surface area contributed by atoms with Crippen LogP contribution in [0.1, 0.15) is 34.6 Å². The maximum atomic E-state index is 13.2. The van der Waals surface area contributed by atoms with Crippen LogP contribution in [0.5, 0.6) is 0 Å². The molecule has 0 fully saturated rings. The molecule has 0 aliphatic heterocycles. The molecule has 2 aromatic carbocycles. The van der Waals surface area contributed by atoms with Crippen LogP contribution in [0.15, 0.2) is 47.1 Å². The predicted molar refractivity (Wildman–Crippen MR) is 129 cm³/mol. The Balaban J connectivity index is 1.53. The molecule has 0 saturated carbocycles. The minimum absolute atomic E-state index is 0.0470. The number of thiol groups is 1. The van der Waals surface area contributed by atoms with E-state index in [1.165, 1.54) is 5.56 Å². The van der Waals surface area contributed by atoms with Crippen molar-refractivity contribution >= 4 is 51.3 Å². The van der Waals surface area contributed by atoms with E-state index in [1.807, 2.05) is 37.4 Å². The molecule has 3 aromatic rings. The molecule has 1 aliphatic carbocycles. The number of aliphatic carboxylic acids is 1. The van der Waals surface area contributed by atoms with Crippen molar-refractivity contribution in [1.29, 1.82) is 0 Å². The van der Waals surface area contributed by atoms with Gasteiger partial charge in [0.25, 0.3) is 0 Å². The van der Waals surface area contributed by atoms with Crippen molar-refractivity contribution in [1.82, 2.24) is 10.3 Å². The van der Waals surface area contributed by atoms with Crippen LogP contribution < -0.4 is 5.32 Å². The summed E-state index contributed by atoms with van der Waals surface area (Å²) in [5, 5.41) is 13.6. The zero-order valence-corrected chi connectivity index (χ0v) is 19.7. The quantitative estimate of drug-likeness (QED) is 0.357. The number of nitrogens with one attached hydrogen (secondary N) is 2. The molecule has 162 valence electrons. The van der Waals surface area contributed by atoms with Crippen molar-refractivity contribution in [3.8, 4) is 0 Å². The molecule has 1 aliphatic rings. The van der Waals surface area contributed by atoms with E-state index in [-0.39, 0.29) is 24.2 Å². The summed E-state index contributed by atoms with van der Waals surface area (Å²) in [5.74, 6) is -1.25. The van der Waals surface area contributed by atoms with Crippen molar-refractivity contribution in [3.63, 3.8) is 0 Å². The van der Waals surface area contributed by atoms with Gasteiger partial charge in [0.2, 0.25) is 5.91 Å². The Morgan fingerprint density at radius 2 is 2.10 bits per heavy atom. The number of H-pyrrole nitrogens is 1. The van der Waals surface area contributed by atoms with Gasteiger partial charge in [-0.1, -0.05) is 33.6 Å². The van der Waals surface area contributed by atoms with E-state index in [9.17, 15) is 14.7 Å². The lowest BCUT2D eigenvalue weighted by Gasteiger charge is -2.24. The number of carboxylic acid groups (broad SMARTS) is 1. The van der Waals surface area contributed by atoms with E-state index < -0.39 is 12.0 Å². The zero-order chi connectivity index (χ0) is 22.1. The normalized spacial score (nSPS) is 17.3. The maximum Gasteiger partial charge on any atom is 0.326 e. The Morgan fingerprint density at radius 1 is 1.29 bits per heavy atom. The van der Waals surface area contributed by atoms with Crippen LogP contribution in [0.3, 0.4) is 0 Å². The SMILES string of the molecule is Cc1ccc2[nH]cc(C[C@H](NC(=O)C(CS)C3CCc4cc(Br)ccc43)C(=O)O)c2c1. The first-order chi connectivity index (χ1) is 14.9. The van der Waals surface area contributed by atoms with Gasteiger partial charge in [0.05, 0.1) is 5.92 Å². The number of aryl methyl sites for hydroxylation is 2. The molecule has 2 unspecified atom stereocenters. The molecule has 3 atom stereocenters. The monoisotopic (exact) mass is 500 g/mol. The molecule has 0 spiro atoms. The van der Waals surface area contributed by atoms with E-state index in [1.54, 1.807) is 0 Å². The average Bonchev–Trinajstić information content (AvgIpc) is 3.32. The third-order valence-corrected chi connectivity index (χ3v) is 7.10. The second kappa shape index (κ2) is 9.09. The average molecular weight is 501 g/mol. The summed E-state index contributed by atoms with van der Waals surface area (Å²) in [6, 6.07) is 11.2. The minimum Gasteiger partial charge on any atom is -0.480 e. The number of benzene rings is 2. The summed E-state index contributed by atoms with van der Waals surface area (Å²) >= 11 is 7.95. The molecule has 0 bridgehead atoms. The van der Waals surface area contributed by atoms with E-state index in [0.717, 1.165) is 44.9 Å². The van der Waals surface area contributed by atoms with Gasteiger partial charge in [-0.15, -0.1) is 0 Å². The van der Waals surface area contributed by atoms with E-state index in [2.05, 4.69) is 51.0 Å². The summed E-state index contributed by atoms with van der Waals surface area (Å²) in [5.41, 5.74) is 5.34. The van der Waals surface area contributed by atoms with Gasteiger partial charge in [-0.3, -0.25) is 4.79 Å². The number of carboxylic acids is 1. The summed E-state index contributed by atoms with van der Waals surface area (Å²) in [6.45, 7) is 2.00. The fourth-order valence-corrected chi connectivity index (χ4v) is 5.42. The van der Waals surface area contributed by atoms with Crippen molar-refractivity contribution < 1.29 is 14.7 Å². The van der Waals surface area contributed by atoms with Crippen LogP contribution in [0, 0.1) is 12.8 Å². The van der Waals surface area contributed by atoms with Gasteiger partial charge in [-0.2, -0.15) is 12.6 Å². The number of aromatic nitrogens is 1. The number of carbonyl (C=O) groups is 2. The number of aromatic amines is 1. The largest absolute Gasteiger partial charge is 0.480 e. The molecule has 0 saturated heterocycles. The summed E-state index contributed by atoms with van der Waals surface area (Å²) in [7, 11) is 0. The summed E-state index contributed by atoms with van der Waals surface area (Å²) in [4.78, 5) is 28.3. The first-order valence-electron chi connectivity index (χ1n) is 10.4. The number of hydrogen-bond acceptors (Lipinski definition) is 3. The third kappa shape index (κ3) is 4.53. The highest BCUT2D eigenvalue weighted by Gasteiger charge is 2.35. The van der Waals surface area contributed by atoms with E-state index >= 15 is 0 Å². The van der Waals surface area contributed by atoms with Gasteiger partial charge in [-0.05, 0) is 66.6 Å². The standard InChI is InChI=1S/C24H25BrN2O3S/c1-13-2-7-21-19(8-13)15(11-26-21)10-22(24(29)30)27-23(28)20(12-31)18-5-3-14-9-16(25)4-6-17(14)18/h2,4,6-9,11,18,20,22,26,31H,3,5,10,12H2,1H3,(H,27,28)(H,29,30)/t18?,20?,22-/m0/s1. The Kier molecular flexibility index (Phi) is 6.44. The van der Waals surface area contributed by atoms with Crippen LogP contribution in [0.4, 0.5) is 0 Å². The van der Waals surface area contributed by atoms with Crippen LogP contribution >= 0.6 is 28.6 Å². The molecule has 1 amide bonds. The second-order valence-electron chi connectivity index (χ2n) is 8.24. The van der Waals surface area contributed by atoms with E-state index in [4.69, 9.17) is 0 Å². The van der Waals surface area contributed by atoms with Gasteiger partial charge < -0.3 is 15.4 Å². The fraction of sp³-hybridized carbons (Fsp3) is 0.333. The zero-order valence-electron chi connectivity index (χ0n) is 17.2. The number of rotatable bonds is 7. The molecule has 4 rings (SSSR count). The lowest BCUT2D eigenvalue weighted by atomic mass is 9.87. The first-order valence-corrected chi connectivity index (χ1v) is 11.8. The number of amides is 1. The lowest BCUT2D eigenvalue weighted by molar-refractivity contribution is -0.142. The second-order valence-corrected chi connectivity index (χ2v) is 9.52. The molecule has 0 radical (unpaired) electrons. The fourth-order valence-electron chi connectivity index (χ4n) is 4.59. The molecule has 3 N–H and O–H groups in total. The smallest absolute Gasteiger partial charge is 0.326 e. The summed E-state index contributed by atoms with van der Waals surface area (Å²) < 4.78 is 1.03. The Hall–Kier alpha value is -2.25. The Bertz CT molecular complexity index is 1140. The van der Waals surface area contributed by atoms with E-state index in [0.29, 0.717) is 5.75 Å². The van der Waals surface area contributed by atoms with Crippen LogP contribution in [-0.4, -0.2) is 33.8 Å². The predicted octanol–water partition coefficient (Wildman–Crippen LogP) is 4.63. The maximum absolute atomic E-state index is 13.2. The van der Waals surface area contributed by atoms with Gasteiger partial charge in [-0.25, -0.2) is 4.79 Å². The number of hydrogen-bond donors (Lipinski definition) is 4. The number of fused-ring (bicyclic) bond motifs is 2. The number of halogens is 1. The Morgan fingerprint density at radius 3 is 2.84 bits per heavy atom. The molecule has 7 heteroatoms. The number of carbonyl (C=O) groups excluding carboxylic acids is 1. The van der Waals surface area contributed by atoms with Gasteiger partial charge in [0, 0.05) is 33.7 Å². The third-order valence-electron chi connectivity index (χ3n) is 6.21. The van der Waals surface area contributed by atoms with Crippen LogP contribution in [0.25, 0.3) is 10.9 Å². The van der Waals surface area contributed by atoms with Crippen molar-refractivity contribution in [3.05, 3.63) is 69.3 Å². The summed E-state index contributed by atoms with van der Waals surface area (Å²) in [6.07, 6.45) is 3.82. The van der Waals surface area contributed by atoms with Crippen LogP contribution in [0.2, 0.25) is 0 Å². The van der Waals surface area contributed by atoms with Crippen molar-refractivity contribution in [2.24, 2.45) is 5.92 Å². The minimum atomic E-state index is -1.04. The van der Waals surface area contributed by atoms with Crippen molar-refractivity contribution in [2.45, 2.75) is 38.1 Å². The highest BCUT2D eigenvalue weighted by Crippen LogP contribution is 2.40. The Labute approximate surface area is 195 Å². The van der Waals surface area contributed by atoms with Gasteiger partial charge >= 0.3 is 5.97 Å². The molecule has 5 nitrogen and oxygen atoms in total. The van der Waals surface area contributed by atoms with Gasteiger partial charge in [0.1, 0.15) is 6.04 Å². The highest BCUT2D eigenvalue weighted by atomic mass is 79.9. The molecule has 1 aromatic heterocycles. The molecular formula is C24H25BrN2O3S. The molecule has 31 heavy (non-hydrogen) atoms. The molecule has 1 heterocycles. The van der Waals surface area contributed by atoms with Crippen LogP contribution in [-0.2, 0) is 22.4 Å². The van der Waals surface area contributed by atoms with Crippen molar-refractivity contribution in [2.75, 3.05) is 5.75 Å². The topological polar surface area (TPSA) is 82.2 Å². The lowest BCUT2D eigenvalue weighted by Crippen LogP contribution is -2.46. The highest BCUT2D eigenvalue weighted by molar-refractivity contribution is 9.10. The van der Waals surface area contributed by atoms with Gasteiger partial charge in [0.15, 0.2) is 0 Å². The first kappa shape index (κ1) is 22.0. The molecular weight excluding hydrogens is 476 g/mol.